The third kappa shape index (κ3) is 4.63. The molecule has 0 heterocycles. The number of hydrogen-bond donors (Lipinski definition) is 5. The van der Waals surface area contributed by atoms with Gasteiger partial charge in [-0.1, -0.05) is 40.2 Å². The summed E-state index contributed by atoms with van der Waals surface area (Å²) in [5.41, 5.74) is 4.58. The maximum Gasteiger partial charge on any atom is 0.255 e. The van der Waals surface area contributed by atoms with Crippen molar-refractivity contribution < 1.29 is 34.8 Å². The summed E-state index contributed by atoms with van der Waals surface area (Å²) < 4.78 is 0. The Labute approximate surface area is 235 Å². The number of nitrogens with two attached hydrogens (primary N) is 1. The first-order chi connectivity index (χ1) is 18.6. The van der Waals surface area contributed by atoms with Gasteiger partial charge in [-0.05, 0) is 80.6 Å². The number of primary amides is 1. The Morgan fingerprint density at radius 1 is 1.12 bits per heavy atom. The van der Waals surface area contributed by atoms with Gasteiger partial charge >= 0.3 is 0 Å². The van der Waals surface area contributed by atoms with Gasteiger partial charge in [-0.25, -0.2) is 0 Å². The molecule has 40 heavy (non-hydrogen) atoms. The fourth-order valence-electron chi connectivity index (χ4n) is 6.94. The fourth-order valence-corrected chi connectivity index (χ4v) is 6.94. The molecule has 0 aromatic heterocycles. The summed E-state index contributed by atoms with van der Waals surface area (Å²) in [6.07, 6.45) is 4.33. The lowest BCUT2D eigenvalue weighted by Gasteiger charge is -2.50. The summed E-state index contributed by atoms with van der Waals surface area (Å²) >= 11 is 0. The van der Waals surface area contributed by atoms with Crippen LogP contribution in [0.15, 0.2) is 23.0 Å². The van der Waals surface area contributed by atoms with E-state index in [1.54, 1.807) is 14.1 Å². The molecule has 0 radical (unpaired) electrons. The zero-order chi connectivity index (χ0) is 29.9. The topological polar surface area (TPSA) is 161 Å². The lowest BCUT2D eigenvalue weighted by molar-refractivity contribution is -0.153. The number of phenolic OH excluding ortho intramolecular Hbond substituents is 1. The molecule has 0 saturated heterocycles. The number of rotatable bonds is 7. The number of benzene rings is 1. The number of Topliss-reactive ketones (excluding diaryl/α,β-unsaturated/α-hetero) is 2. The number of carbonyl (C=O) groups excluding carboxylic acids is 3. The van der Waals surface area contributed by atoms with E-state index in [1.165, 1.54) is 4.90 Å². The number of fused-ring (bicyclic) bond motifs is 3. The van der Waals surface area contributed by atoms with Crippen molar-refractivity contribution >= 4 is 23.2 Å². The van der Waals surface area contributed by atoms with E-state index in [-0.39, 0.29) is 28.7 Å². The van der Waals surface area contributed by atoms with Crippen molar-refractivity contribution in [2.45, 2.75) is 84.3 Å². The molecule has 0 bridgehead atoms. The van der Waals surface area contributed by atoms with Gasteiger partial charge < -0.3 is 26.2 Å². The van der Waals surface area contributed by atoms with Crippen LogP contribution in [0.2, 0.25) is 0 Å². The van der Waals surface area contributed by atoms with E-state index >= 15 is 0 Å². The zero-order valence-corrected chi connectivity index (χ0v) is 24.3. The van der Waals surface area contributed by atoms with E-state index < -0.39 is 58.0 Å². The van der Waals surface area contributed by atoms with Crippen LogP contribution < -0.4 is 5.73 Å². The summed E-state index contributed by atoms with van der Waals surface area (Å²) in [6, 6.07) is 0.909. The minimum Gasteiger partial charge on any atom is -0.508 e. The maximum atomic E-state index is 14.1. The van der Waals surface area contributed by atoms with Gasteiger partial charge in [0, 0.05) is 11.5 Å². The second-order valence-corrected chi connectivity index (χ2v) is 13.0. The minimum atomic E-state index is -2.63. The maximum absolute atomic E-state index is 14.1. The molecule has 1 amide bonds. The Bertz CT molecular complexity index is 1330. The van der Waals surface area contributed by atoms with Gasteiger partial charge in [0.2, 0.25) is 5.78 Å². The van der Waals surface area contributed by atoms with Gasteiger partial charge in [-0.15, -0.1) is 0 Å². The highest BCUT2D eigenvalue weighted by molar-refractivity contribution is 6.24. The molecule has 4 atom stereocenters. The number of aliphatic hydroxyl groups excluding tert-OH is 2. The van der Waals surface area contributed by atoms with Crippen LogP contribution in [-0.2, 0) is 33.6 Å². The van der Waals surface area contributed by atoms with Crippen LogP contribution in [0.5, 0.6) is 5.75 Å². The number of amides is 1. The standard InChI is InChI=1S/C31H42N2O7/c1-7-9-15-12-16(10-8-11-30(2,3)4)24(34)21-18(15)13-17-14-19-23(33(5)6)26(36)22(29(32)39)28(38)31(19,40)27(37)20(17)25(21)35/h12,17,19,23,34-35,38,40H,7-11,13-14H2,1-6H3,(H2,32,39)/t17-,19+,23-,31-/m0/s1. The summed E-state index contributed by atoms with van der Waals surface area (Å²) in [6.45, 7) is 8.50. The Kier molecular flexibility index (Phi) is 7.71. The summed E-state index contributed by atoms with van der Waals surface area (Å²) in [5.74, 6) is -6.21. The van der Waals surface area contributed by atoms with Crippen molar-refractivity contribution in [1.82, 2.24) is 4.90 Å². The van der Waals surface area contributed by atoms with Crippen molar-refractivity contribution in [3.05, 3.63) is 45.2 Å². The van der Waals surface area contributed by atoms with Crippen LogP contribution in [0.25, 0.3) is 5.76 Å². The molecule has 1 fully saturated rings. The minimum absolute atomic E-state index is 0.0864. The largest absolute Gasteiger partial charge is 0.508 e. The van der Waals surface area contributed by atoms with Crippen molar-refractivity contribution in [2.75, 3.05) is 14.1 Å². The van der Waals surface area contributed by atoms with Crippen molar-refractivity contribution in [1.29, 1.82) is 0 Å². The first-order valence-corrected chi connectivity index (χ1v) is 14.1. The highest BCUT2D eigenvalue weighted by Gasteiger charge is 2.64. The predicted octanol–water partition coefficient (Wildman–Crippen LogP) is 3.29. The molecule has 1 aromatic carbocycles. The fraction of sp³-hybridized carbons (Fsp3) is 0.581. The van der Waals surface area contributed by atoms with Crippen molar-refractivity contribution in [3.63, 3.8) is 0 Å². The van der Waals surface area contributed by atoms with E-state index in [1.807, 2.05) is 13.0 Å². The molecular weight excluding hydrogens is 512 g/mol. The van der Waals surface area contributed by atoms with Gasteiger partial charge in [0.15, 0.2) is 11.4 Å². The highest BCUT2D eigenvalue weighted by atomic mass is 16.3. The van der Waals surface area contributed by atoms with Crippen LogP contribution in [-0.4, -0.2) is 68.5 Å². The van der Waals surface area contributed by atoms with E-state index in [2.05, 4.69) is 20.8 Å². The molecule has 3 aliphatic carbocycles. The molecule has 0 aliphatic heterocycles. The smallest absolute Gasteiger partial charge is 0.255 e. The summed E-state index contributed by atoms with van der Waals surface area (Å²) in [7, 11) is 3.18. The van der Waals surface area contributed by atoms with Crippen LogP contribution in [0, 0.1) is 17.3 Å². The number of aryl methyl sites for hydroxylation is 2. The van der Waals surface area contributed by atoms with Gasteiger partial charge in [0.1, 0.15) is 22.8 Å². The van der Waals surface area contributed by atoms with Crippen LogP contribution >= 0.6 is 0 Å². The third-order valence-corrected chi connectivity index (χ3v) is 8.78. The monoisotopic (exact) mass is 554 g/mol. The van der Waals surface area contributed by atoms with E-state index in [0.717, 1.165) is 36.8 Å². The second kappa shape index (κ2) is 10.3. The first-order valence-electron chi connectivity index (χ1n) is 14.1. The van der Waals surface area contributed by atoms with Crippen LogP contribution in [0.4, 0.5) is 0 Å². The van der Waals surface area contributed by atoms with Gasteiger partial charge in [0.05, 0.1) is 11.6 Å². The highest BCUT2D eigenvalue weighted by Crippen LogP contribution is 2.53. The number of hydrogen-bond acceptors (Lipinski definition) is 8. The molecular formula is C31H42N2O7. The summed E-state index contributed by atoms with van der Waals surface area (Å²) in [4.78, 5) is 40.9. The molecule has 1 aromatic rings. The molecule has 0 unspecified atom stereocenters. The Hall–Kier alpha value is -3.17. The predicted molar refractivity (Wildman–Crippen MR) is 151 cm³/mol. The number of nitrogens with zero attached hydrogens (tertiary/aromatic N) is 1. The van der Waals surface area contributed by atoms with Crippen LogP contribution in [0.1, 0.15) is 75.6 Å². The lowest BCUT2D eigenvalue weighted by atomic mass is 9.57. The molecule has 6 N–H and O–H groups in total. The number of ketones is 2. The molecule has 9 nitrogen and oxygen atoms in total. The van der Waals surface area contributed by atoms with Crippen molar-refractivity contribution in [2.24, 2.45) is 23.0 Å². The quantitative estimate of drug-likeness (QED) is 0.321. The Morgan fingerprint density at radius 2 is 1.77 bits per heavy atom. The van der Waals surface area contributed by atoms with Crippen LogP contribution in [0.3, 0.4) is 0 Å². The SMILES string of the molecule is CCCc1cc(CCCC(C)(C)C)c(O)c2c1C[C@H]1C[C@@H]3[C@H](N(C)C)C(=O)C(C(N)=O)=C(O)[C@@]3(O)C(=O)C1=C2O. The Balaban J connectivity index is 1.90. The van der Waals surface area contributed by atoms with E-state index in [4.69, 9.17) is 5.73 Å². The molecule has 9 heteroatoms. The van der Waals surface area contributed by atoms with Gasteiger partial charge in [-0.3, -0.25) is 19.3 Å². The average molecular weight is 555 g/mol. The lowest BCUT2D eigenvalue weighted by Crippen LogP contribution is -2.65. The van der Waals surface area contributed by atoms with E-state index in [0.29, 0.717) is 18.4 Å². The summed E-state index contributed by atoms with van der Waals surface area (Å²) in [5, 5.41) is 45.8. The molecule has 4 rings (SSSR count). The Morgan fingerprint density at radius 3 is 2.33 bits per heavy atom. The molecule has 3 aliphatic rings. The normalized spacial score (nSPS) is 26.6. The number of likely N-dealkylation sites (N-methyl/N-ethyl adjacent to an activating group) is 1. The molecule has 0 spiro atoms. The third-order valence-electron chi connectivity index (χ3n) is 8.78. The zero-order valence-electron chi connectivity index (χ0n) is 24.3. The van der Waals surface area contributed by atoms with Gasteiger partial charge in [0.25, 0.3) is 5.91 Å². The number of carbonyl (C=O) groups is 3. The molecule has 218 valence electrons. The first kappa shape index (κ1) is 29.8. The van der Waals surface area contributed by atoms with E-state index in [9.17, 15) is 34.8 Å². The second-order valence-electron chi connectivity index (χ2n) is 13.0. The number of phenols is 1. The number of aliphatic hydroxyl groups is 3. The molecule has 1 saturated carbocycles. The van der Waals surface area contributed by atoms with Gasteiger partial charge in [-0.2, -0.15) is 0 Å². The average Bonchev–Trinajstić information content (AvgIpc) is 2.83. The van der Waals surface area contributed by atoms with Crippen molar-refractivity contribution in [3.8, 4) is 5.75 Å². The number of aromatic hydroxyl groups is 1.